The van der Waals surface area contributed by atoms with E-state index in [1.165, 1.54) is 12.1 Å². The Labute approximate surface area is 147 Å². The fourth-order valence-electron chi connectivity index (χ4n) is 3.04. The van der Waals surface area contributed by atoms with Crippen molar-refractivity contribution in [1.29, 1.82) is 0 Å². The van der Waals surface area contributed by atoms with Crippen LogP contribution >= 0.6 is 0 Å². The van der Waals surface area contributed by atoms with Crippen LogP contribution in [0.5, 0.6) is 11.8 Å². The quantitative estimate of drug-likeness (QED) is 0.727. The number of rotatable bonds is 4. The van der Waals surface area contributed by atoms with Gasteiger partial charge in [-0.3, -0.25) is 9.48 Å². The van der Waals surface area contributed by atoms with E-state index in [4.69, 9.17) is 4.84 Å². The molecule has 8 nitrogen and oxygen atoms in total. The fraction of sp³-hybridized carbons (Fsp3) is 0.167. The number of carbonyl (C=O) groups excluding carboxylic acids is 2. The largest absolute Gasteiger partial charge is 0.492 e. The molecule has 26 heavy (non-hydrogen) atoms. The highest BCUT2D eigenvalue weighted by atomic mass is 16.7. The van der Waals surface area contributed by atoms with Crippen molar-refractivity contribution in [3.8, 4) is 11.8 Å². The molecule has 3 aromatic rings. The summed E-state index contributed by atoms with van der Waals surface area (Å²) in [5, 5.41) is 23.5. The maximum atomic E-state index is 12.5. The van der Waals surface area contributed by atoms with Gasteiger partial charge in [-0.15, -0.1) is 4.73 Å². The van der Waals surface area contributed by atoms with Crippen LogP contribution in [0.4, 0.5) is 0 Å². The monoisotopic (exact) mass is 353 g/mol. The molecule has 0 atom stereocenters. The Morgan fingerprint density at radius 3 is 2.46 bits per heavy atom. The molecule has 1 aromatic carbocycles. The van der Waals surface area contributed by atoms with E-state index in [1.54, 1.807) is 4.68 Å². The van der Waals surface area contributed by atoms with Crippen molar-refractivity contribution in [3.63, 3.8) is 0 Å². The van der Waals surface area contributed by atoms with E-state index in [0.717, 1.165) is 5.56 Å². The second kappa shape index (κ2) is 6.07. The molecule has 0 aliphatic heterocycles. The van der Waals surface area contributed by atoms with Crippen LogP contribution in [0.3, 0.4) is 0 Å². The van der Waals surface area contributed by atoms with Crippen LogP contribution in [-0.4, -0.2) is 36.5 Å². The van der Waals surface area contributed by atoms with E-state index in [2.05, 4.69) is 5.10 Å². The van der Waals surface area contributed by atoms with Crippen LogP contribution in [0.25, 0.3) is 0 Å². The average Bonchev–Trinajstić information content (AvgIpc) is 3.25. The summed E-state index contributed by atoms with van der Waals surface area (Å²) >= 11 is 0. The van der Waals surface area contributed by atoms with Gasteiger partial charge in [-0.05, 0) is 5.56 Å². The molecule has 132 valence electrons. The molecule has 4 rings (SSSR count). The molecule has 2 heterocycles. The molecule has 2 N–H and O–H groups in total. The summed E-state index contributed by atoms with van der Waals surface area (Å²) in [5.74, 6) is -1.70. The van der Waals surface area contributed by atoms with Gasteiger partial charge in [-0.25, -0.2) is 4.79 Å². The molecular formula is C18H15N3O5. The predicted octanol–water partition coefficient (Wildman–Crippen LogP) is 1.08. The van der Waals surface area contributed by atoms with Gasteiger partial charge in [0.15, 0.2) is 5.69 Å². The van der Waals surface area contributed by atoms with Crippen molar-refractivity contribution >= 4 is 11.8 Å². The van der Waals surface area contributed by atoms with Crippen molar-refractivity contribution < 1.29 is 24.6 Å². The van der Waals surface area contributed by atoms with Crippen molar-refractivity contribution in [2.45, 2.75) is 19.4 Å². The number of benzene rings is 1. The average molecular weight is 353 g/mol. The number of fused-ring (bicyclic) bond motifs is 1. The third-order valence-electron chi connectivity index (χ3n) is 4.25. The highest BCUT2D eigenvalue weighted by Gasteiger charge is 2.32. The third-order valence-corrected chi connectivity index (χ3v) is 4.25. The van der Waals surface area contributed by atoms with Crippen LogP contribution in [0.2, 0.25) is 0 Å². The van der Waals surface area contributed by atoms with Gasteiger partial charge in [0, 0.05) is 30.5 Å². The number of ketones is 1. The topological polar surface area (TPSA) is 107 Å². The Morgan fingerprint density at radius 1 is 1.08 bits per heavy atom. The summed E-state index contributed by atoms with van der Waals surface area (Å²) in [7, 11) is 0. The maximum Gasteiger partial charge on any atom is 0.384 e. The number of nitrogens with zero attached hydrogens (tertiary/aromatic N) is 3. The molecule has 0 radical (unpaired) electrons. The first-order chi connectivity index (χ1) is 12.5. The highest BCUT2D eigenvalue weighted by molar-refractivity contribution is 5.95. The third kappa shape index (κ3) is 2.71. The molecule has 2 aromatic heterocycles. The Bertz CT molecular complexity index is 984. The van der Waals surface area contributed by atoms with Crippen LogP contribution in [0.1, 0.15) is 27.3 Å². The van der Waals surface area contributed by atoms with E-state index >= 15 is 0 Å². The zero-order chi connectivity index (χ0) is 18.3. The Balaban J connectivity index is 1.67. The SMILES string of the molecule is O=C1Cc2c(C(=O)On3c(O)ccc3O)nn(Cc3ccccc3)c2C1. The zero-order valence-electron chi connectivity index (χ0n) is 13.6. The minimum absolute atomic E-state index is 0.0000738. The van der Waals surface area contributed by atoms with Gasteiger partial charge in [-0.2, -0.15) is 5.10 Å². The molecule has 0 bridgehead atoms. The fourth-order valence-corrected chi connectivity index (χ4v) is 3.04. The van der Waals surface area contributed by atoms with Crippen LogP contribution < -0.4 is 4.84 Å². The second-order valence-electron chi connectivity index (χ2n) is 6.03. The lowest BCUT2D eigenvalue weighted by Gasteiger charge is -2.06. The van der Waals surface area contributed by atoms with Crippen LogP contribution in [0, 0.1) is 0 Å². The number of carbonyl (C=O) groups is 2. The molecule has 0 saturated carbocycles. The van der Waals surface area contributed by atoms with Gasteiger partial charge in [0.05, 0.1) is 12.2 Å². The zero-order valence-corrected chi connectivity index (χ0v) is 13.6. The van der Waals surface area contributed by atoms with Crippen LogP contribution in [-0.2, 0) is 24.2 Å². The summed E-state index contributed by atoms with van der Waals surface area (Å²) in [6.07, 6.45) is 0.320. The number of aromatic nitrogens is 3. The number of hydrogen-bond acceptors (Lipinski definition) is 6. The Kier molecular flexibility index (Phi) is 3.72. The smallest absolute Gasteiger partial charge is 0.384 e. The number of hydrogen-bond donors (Lipinski definition) is 2. The summed E-state index contributed by atoms with van der Waals surface area (Å²) in [4.78, 5) is 29.4. The highest BCUT2D eigenvalue weighted by Crippen LogP contribution is 2.25. The van der Waals surface area contributed by atoms with Gasteiger partial charge in [-0.1, -0.05) is 30.3 Å². The van der Waals surface area contributed by atoms with Gasteiger partial charge in [0.1, 0.15) is 5.78 Å². The van der Waals surface area contributed by atoms with Crippen molar-refractivity contribution in [1.82, 2.24) is 14.5 Å². The molecule has 8 heteroatoms. The molecule has 0 unspecified atom stereocenters. The summed E-state index contributed by atoms with van der Waals surface area (Å²) in [6.45, 7) is 0.420. The summed E-state index contributed by atoms with van der Waals surface area (Å²) < 4.78 is 2.23. The first-order valence-electron chi connectivity index (χ1n) is 7.99. The van der Waals surface area contributed by atoms with Crippen molar-refractivity contribution in [2.75, 3.05) is 0 Å². The lowest BCUT2D eigenvalue weighted by atomic mass is 10.2. The van der Waals surface area contributed by atoms with Gasteiger partial charge < -0.3 is 15.1 Å². The first-order valence-corrected chi connectivity index (χ1v) is 7.99. The van der Waals surface area contributed by atoms with Crippen LogP contribution in [0.15, 0.2) is 42.5 Å². The Hall–Kier alpha value is -3.55. The summed E-state index contributed by atoms with van der Waals surface area (Å²) in [6, 6.07) is 11.9. The van der Waals surface area contributed by atoms with Crippen molar-refractivity contribution in [2.24, 2.45) is 0 Å². The number of aromatic hydroxyl groups is 2. The molecule has 1 aliphatic rings. The summed E-state index contributed by atoms with van der Waals surface area (Å²) in [5.41, 5.74) is 2.21. The van der Waals surface area contributed by atoms with Crippen molar-refractivity contribution in [3.05, 3.63) is 65.0 Å². The lowest BCUT2D eigenvalue weighted by Crippen LogP contribution is -2.21. The standard InChI is InChI=1S/C18H15N3O5/c22-12-8-13-14(9-12)20(10-11-4-2-1-3-5-11)19-17(13)18(25)26-21-15(23)6-7-16(21)24/h1-7,23-24H,8-10H2. The predicted molar refractivity (Wildman–Crippen MR) is 88.9 cm³/mol. The van der Waals surface area contributed by atoms with E-state index in [1.807, 2.05) is 30.3 Å². The van der Waals surface area contributed by atoms with Gasteiger partial charge in [0.2, 0.25) is 11.8 Å². The number of Topliss-reactive ketones (excluding diaryl/α,β-unsaturated/α-hetero) is 1. The molecular weight excluding hydrogens is 338 g/mol. The molecule has 0 spiro atoms. The normalized spacial score (nSPS) is 13.0. The Morgan fingerprint density at radius 2 is 1.77 bits per heavy atom. The molecule has 0 fully saturated rings. The minimum atomic E-state index is -0.857. The van der Waals surface area contributed by atoms with E-state index in [9.17, 15) is 19.8 Å². The van der Waals surface area contributed by atoms with Gasteiger partial charge >= 0.3 is 5.97 Å². The lowest BCUT2D eigenvalue weighted by molar-refractivity contribution is -0.117. The molecule has 0 amide bonds. The van der Waals surface area contributed by atoms with Gasteiger partial charge in [0.25, 0.3) is 0 Å². The molecule has 0 saturated heterocycles. The second-order valence-corrected chi connectivity index (χ2v) is 6.03. The minimum Gasteiger partial charge on any atom is -0.492 e. The molecule has 1 aliphatic carbocycles. The first kappa shape index (κ1) is 15.9. The maximum absolute atomic E-state index is 12.5. The van der Waals surface area contributed by atoms with E-state index in [0.29, 0.717) is 22.5 Å². The van der Waals surface area contributed by atoms with E-state index < -0.39 is 17.7 Å². The van der Waals surface area contributed by atoms with E-state index in [-0.39, 0.29) is 24.3 Å².